The van der Waals surface area contributed by atoms with E-state index in [1.165, 1.54) is 25.7 Å². The van der Waals surface area contributed by atoms with Gasteiger partial charge in [-0.3, -0.25) is 0 Å². The van der Waals surface area contributed by atoms with Crippen LogP contribution in [0, 0.1) is 63.6 Å². The molecular formula is C36H66O. The highest BCUT2D eigenvalue weighted by Gasteiger charge is 2.54. The van der Waals surface area contributed by atoms with Gasteiger partial charge in [0.2, 0.25) is 0 Å². The first-order valence-electron chi connectivity index (χ1n) is 15.9. The average molecular weight is 515 g/mol. The van der Waals surface area contributed by atoms with Gasteiger partial charge in [0.25, 0.3) is 0 Å². The molecule has 1 N–H and O–H groups in total. The fourth-order valence-corrected chi connectivity index (χ4v) is 7.66. The largest absolute Gasteiger partial charge is 0.393 e. The third-order valence-electron chi connectivity index (χ3n) is 12.2. The standard InChI is InChI=1S/C36H66O/c1-15-18-24-36(16-2,17-3)35(14,27(6)7)32-22-21-30(10)34(13,25-23-31(37)26(4)5)29(9)20-19-28(8)33(32,11)12/h2,22,26-31,37H,15,17-21,23-25H2,1,3-14H3/b32-22+. The minimum atomic E-state index is -0.209. The van der Waals surface area contributed by atoms with Crippen LogP contribution in [-0.4, -0.2) is 11.2 Å². The Kier molecular flexibility index (Phi) is 12.6. The zero-order valence-electron chi connectivity index (χ0n) is 27.4. The van der Waals surface area contributed by atoms with Gasteiger partial charge in [-0.2, -0.15) is 0 Å². The number of terminal acetylenes is 1. The van der Waals surface area contributed by atoms with Crippen molar-refractivity contribution in [2.75, 3.05) is 0 Å². The SMILES string of the molecule is C#CC(CC)(CCCC)C(C)(/C1=C/CC(C)C(C)(CCC(O)C(C)C)C(C)CCC(C)C1(C)C)C(C)C. The molecule has 216 valence electrons. The lowest BCUT2D eigenvalue weighted by molar-refractivity contribution is 0.0284. The highest BCUT2D eigenvalue weighted by Crippen LogP contribution is 2.61. The summed E-state index contributed by atoms with van der Waals surface area (Å²) in [6.45, 7) is 31.2. The number of unbranched alkanes of at least 4 members (excludes halogenated alkanes) is 1. The summed E-state index contributed by atoms with van der Waals surface area (Å²) in [5.74, 6) is 5.99. The van der Waals surface area contributed by atoms with Crippen molar-refractivity contribution in [1.29, 1.82) is 0 Å². The van der Waals surface area contributed by atoms with Gasteiger partial charge in [0.1, 0.15) is 0 Å². The van der Waals surface area contributed by atoms with Crippen LogP contribution >= 0.6 is 0 Å². The van der Waals surface area contributed by atoms with Gasteiger partial charge < -0.3 is 5.11 Å². The number of aliphatic hydroxyl groups excluding tert-OH is 1. The summed E-state index contributed by atoms with van der Waals surface area (Å²) in [5.41, 5.74) is 1.72. The lowest BCUT2D eigenvalue weighted by atomic mass is 9.47. The summed E-state index contributed by atoms with van der Waals surface area (Å²) in [5, 5.41) is 10.7. The maximum absolute atomic E-state index is 10.7. The van der Waals surface area contributed by atoms with E-state index in [4.69, 9.17) is 6.42 Å². The van der Waals surface area contributed by atoms with Gasteiger partial charge >= 0.3 is 0 Å². The molecule has 0 amide bonds. The number of hydrogen-bond acceptors (Lipinski definition) is 1. The smallest absolute Gasteiger partial charge is 0.0563 e. The fraction of sp³-hybridized carbons (Fsp3) is 0.889. The molecule has 1 rings (SSSR count). The van der Waals surface area contributed by atoms with Crippen molar-refractivity contribution in [2.24, 2.45) is 51.2 Å². The van der Waals surface area contributed by atoms with Crippen LogP contribution in [0.15, 0.2) is 11.6 Å². The van der Waals surface area contributed by atoms with Gasteiger partial charge in [-0.15, -0.1) is 6.42 Å². The van der Waals surface area contributed by atoms with Crippen LogP contribution < -0.4 is 0 Å². The van der Waals surface area contributed by atoms with E-state index >= 15 is 0 Å². The number of allylic oxidation sites excluding steroid dienone is 2. The van der Waals surface area contributed by atoms with Crippen LogP contribution in [0.1, 0.15) is 148 Å². The van der Waals surface area contributed by atoms with Gasteiger partial charge in [0.05, 0.1) is 6.10 Å². The van der Waals surface area contributed by atoms with E-state index in [1.54, 1.807) is 5.57 Å². The molecule has 0 spiro atoms. The van der Waals surface area contributed by atoms with E-state index < -0.39 is 0 Å². The molecule has 0 heterocycles. The minimum Gasteiger partial charge on any atom is -0.393 e. The molecule has 0 saturated heterocycles. The van der Waals surface area contributed by atoms with E-state index in [9.17, 15) is 5.11 Å². The van der Waals surface area contributed by atoms with Crippen molar-refractivity contribution in [3.05, 3.63) is 11.6 Å². The second-order valence-corrected chi connectivity index (χ2v) is 14.8. The second kappa shape index (κ2) is 13.6. The molecule has 0 aromatic heterocycles. The lowest BCUT2D eigenvalue weighted by Crippen LogP contribution is -2.49. The molecule has 1 heteroatoms. The summed E-state index contributed by atoms with van der Waals surface area (Å²) >= 11 is 0. The van der Waals surface area contributed by atoms with Crippen LogP contribution in [0.5, 0.6) is 0 Å². The zero-order chi connectivity index (χ0) is 28.8. The molecule has 0 saturated carbocycles. The number of rotatable bonds is 11. The molecule has 7 atom stereocenters. The second-order valence-electron chi connectivity index (χ2n) is 14.8. The van der Waals surface area contributed by atoms with E-state index in [0.717, 1.165) is 32.1 Å². The van der Waals surface area contributed by atoms with Gasteiger partial charge in [-0.25, -0.2) is 0 Å². The Bertz CT molecular complexity index is 766. The maximum Gasteiger partial charge on any atom is 0.0563 e. The van der Waals surface area contributed by atoms with E-state index in [-0.39, 0.29) is 27.8 Å². The normalized spacial score (nSPS) is 32.6. The Hall–Kier alpha value is -0.740. The molecule has 0 aliphatic heterocycles. The lowest BCUT2D eigenvalue weighted by Gasteiger charge is -2.56. The molecule has 7 unspecified atom stereocenters. The quantitative estimate of drug-likeness (QED) is 0.215. The van der Waals surface area contributed by atoms with Crippen LogP contribution in [0.4, 0.5) is 0 Å². The topological polar surface area (TPSA) is 20.2 Å². The first-order valence-corrected chi connectivity index (χ1v) is 15.9. The fourth-order valence-electron chi connectivity index (χ4n) is 7.66. The third-order valence-corrected chi connectivity index (χ3v) is 12.2. The molecule has 0 fully saturated rings. The van der Waals surface area contributed by atoms with Crippen molar-refractivity contribution in [3.63, 3.8) is 0 Å². The van der Waals surface area contributed by atoms with Crippen LogP contribution in [-0.2, 0) is 0 Å². The Morgan fingerprint density at radius 1 is 1.03 bits per heavy atom. The van der Waals surface area contributed by atoms with Crippen LogP contribution in [0.2, 0.25) is 0 Å². The summed E-state index contributed by atoms with van der Waals surface area (Å²) < 4.78 is 0. The van der Waals surface area contributed by atoms with Crippen molar-refractivity contribution >= 4 is 0 Å². The van der Waals surface area contributed by atoms with Gasteiger partial charge in [-0.1, -0.05) is 120 Å². The predicted octanol–water partition coefficient (Wildman–Crippen LogP) is 10.7. The first kappa shape index (κ1) is 34.3. The average Bonchev–Trinajstić information content (AvgIpc) is 2.84. The maximum atomic E-state index is 10.7. The van der Waals surface area contributed by atoms with Gasteiger partial charge in [-0.05, 0) is 85.4 Å². The van der Waals surface area contributed by atoms with Crippen LogP contribution in [0.3, 0.4) is 0 Å². The first-order chi connectivity index (χ1) is 17.0. The third kappa shape index (κ3) is 6.89. The molecule has 1 aliphatic rings. The van der Waals surface area contributed by atoms with Gasteiger partial charge in [0, 0.05) is 10.8 Å². The van der Waals surface area contributed by atoms with Crippen molar-refractivity contribution in [2.45, 2.75) is 154 Å². The van der Waals surface area contributed by atoms with Crippen molar-refractivity contribution in [3.8, 4) is 12.3 Å². The Balaban J connectivity index is 3.74. The molecular weight excluding hydrogens is 448 g/mol. The molecule has 0 aromatic carbocycles. The summed E-state index contributed by atoms with van der Waals surface area (Å²) in [7, 11) is 0. The summed E-state index contributed by atoms with van der Waals surface area (Å²) in [6.07, 6.45) is 19.0. The Morgan fingerprint density at radius 2 is 1.59 bits per heavy atom. The highest BCUT2D eigenvalue weighted by molar-refractivity contribution is 5.32. The van der Waals surface area contributed by atoms with E-state index in [2.05, 4.69) is 102 Å². The number of hydrogen-bond donors (Lipinski definition) is 1. The van der Waals surface area contributed by atoms with Crippen molar-refractivity contribution < 1.29 is 5.11 Å². The Labute approximate surface area is 234 Å². The molecule has 1 aliphatic carbocycles. The van der Waals surface area contributed by atoms with Gasteiger partial charge in [0.15, 0.2) is 0 Å². The molecule has 0 aromatic rings. The van der Waals surface area contributed by atoms with E-state index in [1.807, 2.05) is 0 Å². The predicted molar refractivity (Wildman–Crippen MR) is 165 cm³/mol. The molecule has 0 radical (unpaired) electrons. The van der Waals surface area contributed by atoms with Crippen LogP contribution in [0.25, 0.3) is 0 Å². The summed E-state index contributed by atoms with van der Waals surface area (Å²) in [4.78, 5) is 0. The summed E-state index contributed by atoms with van der Waals surface area (Å²) in [6, 6.07) is 0. The minimum absolute atomic E-state index is 0.0573. The molecule has 1 nitrogen and oxygen atoms in total. The van der Waals surface area contributed by atoms with E-state index in [0.29, 0.717) is 29.6 Å². The molecule has 37 heavy (non-hydrogen) atoms. The molecule has 0 bridgehead atoms. The van der Waals surface area contributed by atoms with Crippen molar-refractivity contribution in [1.82, 2.24) is 0 Å². The monoisotopic (exact) mass is 515 g/mol. The Morgan fingerprint density at radius 3 is 2.05 bits per heavy atom. The highest BCUT2D eigenvalue weighted by atomic mass is 16.3. The number of aliphatic hydroxyl groups is 1. The zero-order valence-corrected chi connectivity index (χ0v) is 27.4.